The number of hydrogen-bond donors (Lipinski definition) is 3. The number of halogens is 2. The molecule has 1 fully saturated rings. The first-order chi connectivity index (χ1) is 18.3. The van der Waals surface area contributed by atoms with Crippen molar-refractivity contribution in [1.29, 1.82) is 0 Å². The number of hydrogen-bond acceptors (Lipinski definition) is 5. The number of carbonyl (C=O) groups is 1. The van der Waals surface area contributed by atoms with Gasteiger partial charge in [0.25, 0.3) is 5.91 Å². The van der Waals surface area contributed by atoms with E-state index in [1.807, 2.05) is 25.3 Å². The highest BCUT2D eigenvalue weighted by Gasteiger charge is 2.36. The minimum absolute atomic E-state index is 0.126. The predicted octanol–water partition coefficient (Wildman–Crippen LogP) is 4.51. The molecule has 3 heterocycles. The molecule has 0 bridgehead atoms. The van der Waals surface area contributed by atoms with Crippen LogP contribution in [0.3, 0.4) is 0 Å². The predicted molar refractivity (Wildman–Crippen MR) is 138 cm³/mol. The van der Waals surface area contributed by atoms with Gasteiger partial charge in [0.05, 0.1) is 11.1 Å². The molecule has 10 heteroatoms. The van der Waals surface area contributed by atoms with Gasteiger partial charge in [-0.05, 0) is 75.1 Å². The van der Waals surface area contributed by atoms with Gasteiger partial charge in [-0.25, -0.2) is 18.3 Å². The van der Waals surface area contributed by atoms with Crippen LogP contribution in [0.1, 0.15) is 47.4 Å². The van der Waals surface area contributed by atoms with Crippen LogP contribution in [0.2, 0.25) is 0 Å². The Morgan fingerprint density at radius 1 is 1.21 bits per heavy atom. The highest BCUT2D eigenvalue weighted by atomic mass is 19.1. The average Bonchev–Trinajstić information content (AvgIpc) is 3.48. The molecule has 0 unspecified atom stereocenters. The van der Waals surface area contributed by atoms with Gasteiger partial charge in [-0.1, -0.05) is 6.07 Å². The maximum Gasteiger partial charge on any atom is 0.251 e. The largest absolute Gasteiger partial charge is 0.389 e. The molecule has 0 radical (unpaired) electrons. The molecule has 1 saturated carbocycles. The summed E-state index contributed by atoms with van der Waals surface area (Å²) in [5.74, 6) is -0.965. The Morgan fingerprint density at radius 3 is 2.84 bits per heavy atom. The second kappa shape index (κ2) is 9.29. The van der Waals surface area contributed by atoms with E-state index in [4.69, 9.17) is 0 Å². The maximum atomic E-state index is 14.2. The summed E-state index contributed by atoms with van der Waals surface area (Å²) in [6.45, 7) is 1.83. The van der Waals surface area contributed by atoms with E-state index in [-0.39, 0.29) is 30.4 Å². The lowest BCUT2D eigenvalue weighted by Gasteiger charge is -2.37. The Bertz CT molecular complexity index is 1660. The zero-order chi connectivity index (χ0) is 26.4. The molecule has 2 atom stereocenters. The number of fused-ring (bicyclic) bond motifs is 2. The lowest BCUT2D eigenvalue weighted by Crippen LogP contribution is -2.47. The highest BCUT2D eigenvalue weighted by Crippen LogP contribution is 2.33. The molecule has 8 nitrogen and oxygen atoms in total. The van der Waals surface area contributed by atoms with Crippen molar-refractivity contribution >= 4 is 22.5 Å². The summed E-state index contributed by atoms with van der Waals surface area (Å²) in [5.41, 5.74) is 2.04. The van der Waals surface area contributed by atoms with Gasteiger partial charge < -0.3 is 10.4 Å². The molecule has 2 aromatic carbocycles. The van der Waals surface area contributed by atoms with E-state index in [0.29, 0.717) is 36.3 Å². The van der Waals surface area contributed by atoms with Crippen molar-refractivity contribution in [2.45, 2.75) is 50.7 Å². The molecule has 0 spiro atoms. The first-order valence-electron chi connectivity index (χ1n) is 12.6. The van der Waals surface area contributed by atoms with Gasteiger partial charge in [0.2, 0.25) is 0 Å². The molecule has 3 aromatic heterocycles. The molecule has 38 heavy (non-hydrogen) atoms. The molecule has 0 saturated heterocycles. The van der Waals surface area contributed by atoms with Crippen LogP contribution < -0.4 is 5.32 Å². The minimum atomic E-state index is -1.31. The molecule has 5 aromatic rings. The van der Waals surface area contributed by atoms with Crippen molar-refractivity contribution in [3.05, 3.63) is 83.3 Å². The number of H-pyrrole nitrogens is 1. The standard InChI is InChI=1S/C28H26F2N6O2/c1-16-31-25-10-8-18(15-36(25)35-16)26-20-12-17(7-9-24(20)33-34-26)27(37)32-19-4-3-11-28(38,13-19)14-21-22(29)5-2-6-23(21)30/h2,5-10,12,15,19,38H,3-4,11,13-14H2,1H3,(H,32,37)(H,33,34)/t19-,28+/m1/s1. The summed E-state index contributed by atoms with van der Waals surface area (Å²) in [7, 11) is 0. The van der Waals surface area contributed by atoms with Crippen LogP contribution in [-0.4, -0.2) is 47.5 Å². The molecule has 194 valence electrons. The van der Waals surface area contributed by atoms with Gasteiger partial charge in [-0.15, -0.1) is 0 Å². The summed E-state index contributed by atoms with van der Waals surface area (Å²) < 4.78 is 30.1. The van der Waals surface area contributed by atoms with Crippen LogP contribution in [0.4, 0.5) is 8.78 Å². The van der Waals surface area contributed by atoms with E-state index >= 15 is 0 Å². The molecular formula is C28H26F2N6O2. The Morgan fingerprint density at radius 2 is 2.03 bits per heavy atom. The summed E-state index contributed by atoms with van der Waals surface area (Å²) >= 11 is 0. The fraction of sp³-hybridized carbons (Fsp3) is 0.286. The van der Waals surface area contributed by atoms with Crippen molar-refractivity contribution in [3.63, 3.8) is 0 Å². The highest BCUT2D eigenvalue weighted by molar-refractivity contribution is 6.01. The summed E-state index contributed by atoms with van der Waals surface area (Å²) in [6.07, 6.45) is 3.63. The number of nitrogens with zero attached hydrogens (tertiary/aromatic N) is 4. The van der Waals surface area contributed by atoms with Crippen molar-refractivity contribution in [1.82, 2.24) is 30.1 Å². The van der Waals surface area contributed by atoms with E-state index in [9.17, 15) is 18.7 Å². The number of aliphatic hydroxyl groups is 1. The van der Waals surface area contributed by atoms with E-state index < -0.39 is 17.2 Å². The smallest absolute Gasteiger partial charge is 0.251 e. The number of rotatable bonds is 5. The van der Waals surface area contributed by atoms with Crippen LogP contribution in [0.15, 0.2) is 54.7 Å². The van der Waals surface area contributed by atoms with Gasteiger partial charge in [-0.3, -0.25) is 9.89 Å². The third-order valence-electron chi connectivity index (χ3n) is 7.26. The van der Waals surface area contributed by atoms with Gasteiger partial charge >= 0.3 is 0 Å². The summed E-state index contributed by atoms with van der Waals surface area (Å²) in [5, 5.41) is 26.8. The second-order valence-corrected chi connectivity index (χ2v) is 10.1. The zero-order valence-electron chi connectivity index (χ0n) is 20.7. The third-order valence-corrected chi connectivity index (χ3v) is 7.26. The van der Waals surface area contributed by atoms with Crippen molar-refractivity contribution < 1.29 is 18.7 Å². The SMILES string of the molecule is Cc1nc2ccc(-c3n[nH]c4ccc(C(=O)N[C@@H]5CCC[C@@](O)(Cc6c(F)cccc6F)C5)cc34)cn2n1. The number of carbonyl (C=O) groups excluding carboxylic acids is 1. The molecule has 0 aliphatic heterocycles. The maximum absolute atomic E-state index is 14.2. The van der Waals surface area contributed by atoms with Crippen LogP contribution >= 0.6 is 0 Å². The van der Waals surface area contributed by atoms with Gasteiger partial charge in [0.1, 0.15) is 23.2 Å². The van der Waals surface area contributed by atoms with E-state index in [0.717, 1.165) is 22.1 Å². The molecular weight excluding hydrogens is 490 g/mol. The molecule has 6 rings (SSSR count). The molecule has 1 amide bonds. The van der Waals surface area contributed by atoms with E-state index in [2.05, 4.69) is 25.6 Å². The van der Waals surface area contributed by atoms with E-state index in [1.54, 1.807) is 22.7 Å². The Hall–Kier alpha value is -4.18. The van der Waals surface area contributed by atoms with E-state index in [1.165, 1.54) is 18.2 Å². The molecule has 3 N–H and O–H groups in total. The fourth-order valence-corrected chi connectivity index (χ4v) is 5.43. The van der Waals surface area contributed by atoms with Crippen molar-refractivity contribution in [2.24, 2.45) is 0 Å². The number of amides is 1. The number of aryl methyl sites for hydroxylation is 1. The van der Waals surface area contributed by atoms with Gasteiger partial charge in [0.15, 0.2) is 5.65 Å². The lowest BCUT2D eigenvalue weighted by atomic mass is 9.78. The summed E-state index contributed by atoms with van der Waals surface area (Å²) in [4.78, 5) is 17.6. The average molecular weight is 517 g/mol. The van der Waals surface area contributed by atoms with Crippen LogP contribution in [0.25, 0.3) is 27.8 Å². The monoisotopic (exact) mass is 516 g/mol. The minimum Gasteiger partial charge on any atom is -0.389 e. The van der Waals surface area contributed by atoms with Crippen LogP contribution in [-0.2, 0) is 6.42 Å². The Labute approximate surface area is 216 Å². The quantitative estimate of drug-likeness (QED) is 0.319. The zero-order valence-corrected chi connectivity index (χ0v) is 20.7. The molecule has 1 aliphatic rings. The topological polar surface area (TPSA) is 108 Å². The van der Waals surface area contributed by atoms with Gasteiger partial charge in [-0.2, -0.15) is 10.2 Å². The Balaban J connectivity index is 1.22. The van der Waals surface area contributed by atoms with Crippen LogP contribution in [0.5, 0.6) is 0 Å². The first kappa shape index (κ1) is 24.2. The summed E-state index contributed by atoms with van der Waals surface area (Å²) in [6, 6.07) is 12.4. The second-order valence-electron chi connectivity index (χ2n) is 10.1. The number of benzene rings is 2. The first-order valence-corrected chi connectivity index (χ1v) is 12.6. The number of pyridine rings is 1. The molecule has 1 aliphatic carbocycles. The van der Waals surface area contributed by atoms with Crippen molar-refractivity contribution in [2.75, 3.05) is 0 Å². The lowest BCUT2D eigenvalue weighted by molar-refractivity contribution is -0.00754. The number of aromatic amines is 1. The fourth-order valence-electron chi connectivity index (χ4n) is 5.43. The van der Waals surface area contributed by atoms with Crippen molar-refractivity contribution in [3.8, 4) is 11.3 Å². The van der Waals surface area contributed by atoms with Gasteiger partial charge in [0, 0.05) is 40.7 Å². The number of aromatic nitrogens is 5. The number of nitrogens with one attached hydrogen (secondary N) is 2. The third kappa shape index (κ3) is 4.51. The Kier molecular flexibility index (Phi) is 5.91. The normalized spacial score (nSPS) is 19.7. The van der Waals surface area contributed by atoms with Crippen LogP contribution in [0, 0.1) is 18.6 Å².